The Bertz CT molecular complexity index is 864. The second-order valence-corrected chi connectivity index (χ2v) is 7.71. The molecule has 0 radical (unpaired) electrons. The molecule has 2 aromatic rings. The van der Waals surface area contributed by atoms with E-state index in [-0.39, 0.29) is 29.9 Å². The van der Waals surface area contributed by atoms with Crippen molar-refractivity contribution in [1.82, 2.24) is 15.2 Å². The van der Waals surface area contributed by atoms with Crippen LogP contribution in [-0.4, -0.2) is 47.0 Å². The van der Waals surface area contributed by atoms with Crippen LogP contribution >= 0.6 is 0 Å². The Morgan fingerprint density at radius 2 is 2.04 bits per heavy atom. The summed E-state index contributed by atoms with van der Waals surface area (Å²) in [7, 11) is 0. The van der Waals surface area contributed by atoms with Crippen molar-refractivity contribution < 1.29 is 14.3 Å². The maximum absolute atomic E-state index is 13.2. The lowest BCUT2D eigenvalue weighted by Crippen LogP contribution is -2.37. The molecule has 1 aromatic carbocycles. The number of rotatable bonds is 4. The van der Waals surface area contributed by atoms with Crippen molar-refractivity contribution in [2.45, 2.75) is 39.0 Å². The Hall–Kier alpha value is -2.73. The second-order valence-electron chi connectivity index (χ2n) is 7.71. The zero-order valence-corrected chi connectivity index (χ0v) is 16.2. The van der Waals surface area contributed by atoms with Gasteiger partial charge in [0.15, 0.2) is 0 Å². The highest BCUT2D eigenvalue weighted by molar-refractivity contribution is 5.96. The molecule has 2 amide bonds. The van der Waals surface area contributed by atoms with Gasteiger partial charge in [-0.2, -0.15) is 0 Å². The van der Waals surface area contributed by atoms with Gasteiger partial charge in [0, 0.05) is 37.7 Å². The fourth-order valence-electron chi connectivity index (χ4n) is 4.32. The molecule has 0 saturated carbocycles. The monoisotopic (exact) mass is 379 g/mol. The van der Waals surface area contributed by atoms with Crippen LogP contribution in [-0.2, 0) is 16.1 Å². The molecule has 2 fully saturated rings. The van der Waals surface area contributed by atoms with Crippen LogP contribution in [0, 0.1) is 19.8 Å². The number of carbonyl (C=O) groups excluding carboxylic acids is 2. The van der Waals surface area contributed by atoms with E-state index in [9.17, 15) is 9.59 Å². The fourth-order valence-corrected chi connectivity index (χ4v) is 4.32. The molecular formula is C22H25N3O3. The Kier molecular flexibility index (Phi) is 5.13. The molecule has 0 spiro atoms. The van der Waals surface area contributed by atoms with Crippen molar-refractivity contribution in [3.05, 3.63) is 65.0 Å². The fraction of sp³-hybridized carbons (Fsp3) is 0.409. The predicted molar refractivity (Wildman–Crippen MR) is 105 cm³/mol. The Morgan fingerprint density at radius 3 is 2.75 bits per heavy atom. The maximum Gasteiger partial charge on any atom is 0.254 e. The van der Waals surface area contributed by atoms with E-state index in [1.165, 1.54) is 0 Å². The summed E-state index contributed by atoms with van der Waals surface area (Å²) in [5, 5.41) is 2.97. The van der Waals surface area contributed by atoms with E-state index in [1.807, 2.05) is 43.0 Å². The maximum atomic E-state index is 13.2. The van der Waals surface area contributed by atoms with E-state index in [0.717, 1.165) is 23.1 Å². The largest absolute Gasteiger partial charge is 0.375 e. The first-order chi connectivity index (χ1) is 13.5. The number of nitrogens with one attached hydrogen (secondary N) is 1. The van der Waals surface area contributed by atoms with Gasteiger partial charge in [-0.05, 0) is 44.0 Å². The Morgan fingerprint density at radius 1 is 1.25 bits per heavy atom. The molecule has 146 valence electrons. The smallest absolute Gasteiger partial charge is 0.254 e. The SMILES string of the molecule is Cc1cc(C)cc(C(=O)N2C[C@H](C(=O)NCc3cccnc3)[C@H]3OCC[C@@H]32)c1. The molecule has 0 bridgehead atoms. The summed E-state index contributed by atoms with van der Waals surface area (Å²) in [5.74, 6) is -0.439. The average Bonchev–Trinajstić information content (AvgIpc) is 3.28. The number of fused-ring (bicyclic) bond motifs is 1. The third-order valence-corrected chi connectivity index (χ3v) is 5.55. The number of ether oxygens (including phenoxy) is 1. The van der Waals surface area contributed by atoms with Crippen molar-refractivity contribution in [2.75, 3.05) is 13.2 Å². The lowest BCUT2D eigenvalue weighted by molar-refractivity contribution is -0.127. The summed E-state index contributed by atoms with van der Waals surface area (Å²) in [6.45, 7) is 5.37. The van der Waals surface area contributed by atoms with Crippen LogP contribution in [0.1, 0.15) is 33.5 Å². The standard InChI is InChI=1S/C22H25N3O3/c1-14-8-15(2)10-17(9-14)22(27)25-13-18(20-19(25)5-7-28-20)21(26)24-12-16-4-3-6-23-11-16/h3-4,6,8-11,18-20H,5,7,12-13H2,1-2H3,(H,24,26)/t18-,19-,20+/m0/s1. The number of nitrogens with zero attached hydrogens (tertiary/aromatic N) is 2. The topological polar surface area (TPSA) is 71.5 Å². The molecule has 1 N–H and O–H groups in total. The molecule has 0 unspecified atom stereocenters. The molecule has 3 atom stereocenters. The molecule has 6 heteroatoms. The predicted octanol–water partition coefficient (Wildman–Crippen LogP) is 2.24. The van der Waals surface area contributed by atoms with Gasteiger partial charge in [-0.25, -0.2) is 0 Å². The minimum Gasteiger partial charge on any atom is -0.375 e. The number of amides is 2. The average molecular weight is 379 g/mol. The molecule has 4 rings (SSSR count). The summed E-state index contributed by atoms with van der Waals surface area (Å²) < 4.78 is 5.86. The molecule has 2 aliphatic rings. The molecular weight excluding hydrogens is 354 g/mol. The van der Waals surface area contributed by atoms with Crippen LogP contribution < -0.4 is 5.32 Å². The Labute approximate surface area is 164 Å². The number of likely N-dealkylation sites (tertiary alicyclic amines) is 1. The van der Waals surface area contributed by atoms with E-state index < -0.39 is 0 Å². The third kappa shape index (κ3) is 3.64. The number of carbonyl (C=O) groups is 2. The highest BCUT2D eigenvalue weighted by Crippen LogP contribution is 2.34. The number of aromatic nitrogens is 1. The molecule has 1 aromatic heterocycles. The van der Waals surface area contributed by atoms with Crippen LogP contribution in [0.25, 0.3) is 0 Å². The number of hydrogen-bond donors (Lipinski definition) is 1. The van der Waals surface area contributed by atoms with Crippen molar-refractivity contribution in [3.8, 4) is 0 Å². The zero-order valence-electron chi connectivity index (χ0n) is 16.2. The van der Waals surface area contributed by atoms with Gasteiger partial charge in [-0.3, -0.25) is 14.6 Å². The van der Waals surface area contributed by atoms with Gasteiger partial charge in [0.1, 0.15) is 0 Å². The number of aryl methyl sites for hydroxylation is 2. The first-order valence-electron chi connectivity index (χ1n) is 9.70. The van der Waals surface area contributed by atoms with Crippen LogP contribution in [0.15, 0.2) is 42.7 Å². The normalized spacial score (nSPS) is 23.5. The van der Waals surface area contributed by atoms with Crippen LogP contribution in [0.4, 0.5) is 0 Å². The lowest BCUT2D eigenvalue weighted by atomic mass is 10.0. The van der Waals surface area contributed by atoms with Gasteiger partial charge < -0.3 is 15.0 Å². The first kappa shape index (κ1) is 18.6. The Balaban J connectivity index is 1.48. The molecule has 3 heterocycles. The van der Waals surface area contributed by atoms with Gasteiger partial charge in [0.05, 0.1) is 18.1 Å². The highest BCUT2D eigenvalue weighted by atomic mass is 16.5. The molecule has 28 heavy (non-hydrogen) atoms. The van der Waals surface area contributed by atoms with Crippen molar-refractivity contribution in [2.24, 2.45) is 5.92 Å². The number of hydrogen-bond acceptors (Lipinski definition) is 4. The van der Waals surface area contributed by atoms with E-state index in [4.69, 9.17) is 4.74 Å². The minimum absolute atomic E-state index is 0.0186. The highest BCUT2D eigenvalue weighted by Gasteiger charge is 2.50. The molecule has 0 aliphatic carbocycles. The second kappa shape index (κ2) is 7.72. The summed E-state index contributed by atoms with van der Waals surface area (Å²) in [6.07, 6.45) is 3.98. The van der Waals surface area contributed by atoms with E-state index >= 15 is 0 Å². The lowest BCUT2D eigenvalue weighted by Gasteiger charge is -2.23. The molecule has 2 saturated heterocycles. The molecule has 2 aliphatic heterocycles. The summed E-state index contributed by atoms with van der Waals surface area (Å²) in [4.78, 5) is 31.9. The van der Waals surface area contributed by atoms with Gasteiger partial charge >= 0.3 is 0 Å². The van der Waals surface area contributed by atoms with Gasteiger partial charge in [-0.15, -0.1) is 0 Å². The minimum atomic E-state index is -0.348. The van der Waals surface area contributed by atoms with Gasteiger partial charge in [0.25, 0.3) is 5.91 Å². The van der Waals surface area contributed by atoms with Crippen LogP contribution in [0.5, 0.6) is 0 Å². The zero-order chi connectivity index (χ0) is 19.7. The number of benzene rings is 1. The van der Waals surface area contributed by atoms with E-state index in [2.05, 4.69) is 16.4 Å². The third-order valence-electron chi connectivity index (χ3n) is 5.55. The first-order valence-corrected chi connectivity index (χ1v) is 9.70. The number of pyridine rings is 1. The summed E-state index contributed by atoms with van der Waals surface area (Å²) in [6, 6.07) is 9.61. The van der Waals surface area contributed by atoms with Gasteiger partial charge in [-0.1, -0.05) is 23.3 Å². The van der Waals surface area contributed by atoms with E-state index in [0.29, 0.717) is 25.3 Å². The summed E-state index contributed by atoms with van der Waals surface area (Å²) in [5.41, 5.74) is 3.75. The summed E-state index contributed by atoms with van der Waals surface area (Å²) >= 11 is 0. The van der Waals surface area contributed by atoms with Crippen LogP contribution in [0.3, 0.4) is 0 Å². The quantitative estimate of drug-likeness (QED) is 0.884. The van der Waals surface area contributed by atoms with Gasteiger partial charge in [0.2, 0.25) is 5.91 Å². The van der Waals surface area contributed by atoms with Crippen LogP contribution in [0.2, 0.25) is 0 Å². The van der Waals surface area contributed by atoms with Crippen molar-refractivity contribution in [1.29, 1.82) is 0 Å². The van der Waals surface area contributed by atoms with Crippen molar-refractivity contribution in [3.63, 3.8) is 0 Å². The van der Waals surface area contributed by atoms with Crippen molar-refractivity contribution >= 4 is 11.8 Å². The van der Waals surface area contributed by atoms with E-state index in [1.54, 1.807) is 12.4 Å². The molecule has 6 nitrogen and oxygen atoms in total.